The molecule has 0 saturated carbocycles. The van der Waals surface area contributed by atoms with E-state index in [0.29, 0.717) is 9.36 Å². The Morgan fingerprint density at radius 1 is 1.10 bits per heavy atom. The van der Waals surface area contributed by atoms with E-state index in [2.05, 4.69) is 0 Å². The number of hydrogen-bond acceptors (Lipinski definition) is 6. The molecule has 0 unspecified atom stereocenters. The molecule has 156 valence electrons. The third-order valence-electron chi connectivity index (χ3n) is 4.29. The first-order chi connectivity index (χ1) is 13.7. The summed E-state index contributed by atoms with van der Waals surface area (Å²) in [6.45, 7) is 0.469. The number of thiophene rings is 1. The van der Waals surface area contributed by atoms with Gasteiger partial charge in [-0.05, 0) is 30.3 Å². The minimum Gasteiger partial charge on any atom is -0.483 e. The summed E-state index contributed by atoms with van der Waals surface area (Å²) < 4.78 is 32.6. The van der Waals surface area contributed by atoms with Crippen molar-refractivity contribution in [1.29, 1.82) is 0 Å². The predicted octanol–water partition coefficient (Wildman–Crippen LogP) is 2.07. The molecule has 1 aromatic heterocycles. The first kappa shape index (κ1) is 21.8. The number of carbonyl (C=O) groups excluding carboxylic acids is 2. The second-order valence-corrected chi connectivity index (χ2v) is 10.5. The molecule has 12 heteroatoms. The molecule has 1 aliphatic rings. The monoisotopic (exact) mass is 477 g/mol. The average molecular weight is 478 g/mol. The van der Waals surface area contributed by atoms with Gasteiger partial charge in [-0.1, -0.05) is 23.2 Å². The predicted molar refractivity (Wildman–Crippen MR) is 110 cm³/mol. The summed E-state index contributed by atoms with van der Waals surface area (Å²) >= 11 is 12.7. The molecule has 2 amide bonds. The Hall–Kier alpha value is -1.85. The van der Waals surface area contributed by atoms with E-state index >= 15 is 0 Å². The van der Waals surface area contributed by atoms with Crippen LogP contribution in [0.1, 0.15) is 10.4 Å². The standard InChI is InChI=1S/C17H17Cl2N3O5S2/c18-11-1-2-13(12(9-11)17(20)24)27-10-15(23)21-5-7-22(8-6-21)29(25,26)16-4-3-14(19)28-16/h1-4,9H,5-8,10H2,(H2,20,24). The first-order valence-electron chi connectivity index (χ1n) is 8.44. The van der Waals surface area contributed by atoms with Crippen molar-refractivity contribution in [3.63, 3.8) is 0 Å². The fraction of sp³-hybridized carbons (Fsp3) is 0.294. The first-order valence-corrected chi connectivity index (χ1v) is 11.4. The smallest absolute Gasteiger partial charge is 0.260 e. The highest BCUT2D eigenvalue weighted by Gasteiger charge is 2.31. The molecule has 2 heterocycles. The van der Waals surface area contributed by atoms with Crippen molar-refractivity contribution >= 4 is 56.4 Å². The number of ether oxygens (including phenoxy) is 1. The Labute approximate surface area is 181 Å². The van der Waals surface area contributed by atoms with Crippen LogP contribution in [-0.4, -0.2) is 62.2 Å². The molecule has 3 rings (SSSR count). The molecule has 0 aliphatic carbocycles. The number of primary amides is 1. The fourth-order valence-corrected chi connectivity index (χ4v) is 6.02. The van der Waals surface area contributed by atoms with Gasteiger partial charge in [0, 0.05) is 31.2 Å². The van der Waals surface area contributed by atoms with E-state index in [-0.39, 0.29) is 54.2 Å². The van der Waals surface area contributed by atoms with Crippen LogP contribution in [0.25, 0.3) is 0 Å². The van der Waals surface area contributed by atoms with Crippen LogP contribution in [0.15, 0.2) is 34.5 Å². The van der Waals surface area contributed by atoms with Crippen LogP contribution in [0, 0.1) is 0 Å². The number of nitrogens with zero attached hydrogens (tertiary/aromatic N) is 2. The highest BCUT2D eigenvalue weighted by atomic mass is 35.5. The zero-order valence-electron chi connectivity index (χ0n) is 15.0. The van der Waals surface area contributed by atoms with Crippen molar-refractivity contribution in [2.24, 2.45) is 5.73 Å². The summed E-state index contributed by atoms with van der Waals surface area (Å²) in [6, 6.07) is 7.36. The van der Waals surface area contributed by atoms with Gasteiger partial charge in [0.2, 0.25) is 0 Å². The van der Waals surface area contributed by atoms with Crippen molar-refractivity contribution in [3.05, 3.63) is 45.3 Å². The minimum absolute atomic E-state index is 0.0795. The normalized spacial score (nSPS) is 15.3. The average Bonchev–Trinajstić information content (AvgIpc) is 3.14. The van der Waals surface area contributed by atoms with Crippen LogP contribution in [0.2, 0.25) is 9.36 Å². The Balaban J connectivity index is 1.58. The van der Waals surface area contributed by atoms with Gasteiger partial charge < -0.3 is 15.4 Å². The van der Waals surface area contributed by atoms with Crippen LogP contribution in [0.3, 0.4) is 0 Å². The van der Waals surface area contributed by atoms with Crippen molar-refractivity contribution in [2.45, 2.75) is 4.21 Å². The maximum Gasteiger partial charge on any atom is 0.260 e. The van der Waals surface area contributed by atoms with Crippen LogP contribution < -0.4 is 10.5 Å². The third kappa shape index (κ3) is 5.01. The maximum absolute atomic E-state index is 12.6. The zero-order valence-corrected chi connectivity index (χ0v) is 18.2. The van der Waals surface area contributed by atoms with Gasteiger partial charge in [-0.2, -0.15) is 4.31 Å². The fourth-order valence-electron chi connectivity index (χ4n) is 2.79. The highest BCUT2D eigenvalue weighted by Crippen LogP contribution is 2.28. The largest absolute Gasteiger partial charge is 0.483 e. The maximum atomic E-state index is 12.6. The zero-order chi connectivity index (χ0) is 21.2. The van der Waals surface area contributed by atoms with E-state index in [1.165, 1.54) is 39.5 Å². The molecular weight excluding hydrogens is 461 g/mol. The lowest BCUT2D eigenvalue weighted by Crippen LogP contribution is -2.51. The number of rotatable bonds is 6. The van der Waals surface area contributed by atoms with Crippen LogP contribution >= 0.6 is 34.5 Å². The molecule has 1 aliphatic heterocycles. The lowest BCUT2D eigenvalue weighted by molar-refractivity contribution is -0.134. The number of amides is 2. The van der Waals surface area contributed by atoms with Gasteiger partial charge in [-0.3, -0.25) is 9.59 Å². The van der Waals surface area contributed by atoms with Crippen LogP contribution in [-0.2, 0) is 14.8 Å². The van der Waals surface area contributed by atoms with E-state index in [1.54, 1.807) is 0 Å². The summed E-state index contributed by atoms with van der Waals surface area (Å²) in [4.78, 5) is 25.4. The highest BCUT2D eigenvalue weighted by molar-refractivity contribution is 7.91. The van der Waals surface area contributed by atoms with Gasteiger partial charge in [0.15, 0.2) is 6.61 Å². The number of benzene rings is 1. The second-order valence-electron chi connectivity index (χ2n) is 6.14. The third-order valence-corrected chi connectivity index (χ3v) is 8.12. The van der Waals surface area contributed by atoms with Gasteiger partial charge in [0.25, 0.3) is 21.8 Å². The number of hydrogen-bond donors (Lipinski definition) is 1. The summed E-state index contributed by atoms with van der Waals surface area (Å²) in [7, 11) is -3.63. The van der Waals surface area contributed by atoms with Gasteiger partial charge in [-0.25, -0.2) is 8.42 Å². The topological polar surface area (TPSA) is 110 Å². The van der Waals surface area contributed by atoms with Crippen molar-refractivity contribution < 1.29 is 22.7 Å². The van der Waals surface area contributed by atoms with Gasteiger partial charge in [0.1, 0.15) is 9.96 Å². The summed E-state index contributed by atoms with van der Waals surface area (Å²) in [5.74, 6) is -0.889. The van der Waals surface area contributed by atoms with E-state index in [1.807, 2.05) is 0 Å². The minimum atomic E-state index is -3.63. The van der Waals surface area contributed by atoms with E-state index in [0.717, 1.165) is 11.3 Å². The second kappa shape index (κ2) is 8.88. The Morgan fingerprint density at radius 2 is 1.79 bits per heavy atom. The molecule has 0 bridgehead atoms. The van der Waals surface area contributed by atoms with Crippen molar-refractivity contribution in [2.75, 3.05) is 32.8 Å². The molecular formula is C17H17Cl2N3O5S2. The Kier molecular flexibility index (Phi) is 6.69. The molecule has 0 atom stereocenters. The summed E-state index contributed by atoms with van der Waals surface area (Å²) in [5.41, 5.74) is 5.37. The molecule has 2 N–H and O–H groups in total. The van der Waals surface area contributed by atoms with Gasteiger partial charge in [0.05, 0.1) is 9.90 Å². The number of halogens is 2. The van der Waals surface area contributed by atoms with Crippen LogP contribution in [0.5, 0.6) is 5.75 Å². The quantitative estimate of drug-likeness (QED) is 0.684. The summed E-state index contributed by atoms with van der Waals surface area (Å²) in [5, 5.41) is 0.321. The molecule has 0 radical (unpaired) electrons. The van der Waals surface area contributed by atoms with E-state index in [4.69, 9.17) is 33.7 Å². The Bertz CT molecular complexity index is 1030. The lowest BCUT2D eigenvalue weighted by atomic mass is 10.2. The molecule has 0 spiro atoms. The lowest BCUT2D eigenvalue weighted by Gasteiger charge is -2.33. The SMILES string of the molecule is NC(=O)c1cc(Cl)ccc1OCC(=O)N1CCN(S(=O)(=O)c2ccc(Cl)s2)CC1. The molecule has 1 aromatic carbocycles. The molecule has 1 saturated heterocycles. The van der Waals surface area contributed by atoms with E-state index < -0.39 is 15.9 Å². The number of piperazine rings is 1. The van der Waals surface area contributed by atoms with Gasteiger partial charge >= 0.3 is 0 Å². The van der Waals surface area contributed by atoms with E-state index in [9.17, 15) is 18.0 Å². The number of carbonyl (C=O) groups is 2. The Morgan fingerprint density at radius 3 is 2.38 bits per heavy atom. The number of sulfonamides is 1. The molecule has 1 fully saturated rings. The van der Waals surface area contributed by atoms with Crippen molar-refractivity contribution in [1.82, 2.24) is 9.21 Å². The molecule has 2 aromatic rings. The molecule has 8 nitrogen and oxygen atoms in total. The summed E-state index contributed by atoms with van der Waals surface area (Å²) in [6.07, 6.45) is 0. The van der Waals surface area contributed by atoms with Crippen LogP contribution in [0.4, 0.5) is 0 Å². The number of nitrogens with two attached hydrogens (primary N) is 1. The van der Waals surface area contributed by atoms with Gasteiger partial charge in [-0.15, -0.1) is 11.3 Å². The van der Waals surface area contributed by atoms with Crippen molar-refractivity contribution in [3.8, 4) is 5.75 Å². The molecule has 29 heavy (non-hydrogen) atoms.